The molecule has 0 saturated carbocycles. The van der Waals surface area contributed by atoms with Gasteiger partial charge in [0.2, 0.25) is 0 Å². The number of rotatable bonds is 3. The molecule has 1 aromatic rings. The molecule has 1 saturated heterocycles. The summed E-state index contributed by atoms with van der Waals surface area (Å²) in [5.74, 6) is -0.0239. The highest BCUT2D eigenvalue weighted by Gasteiger charge is 2.25. The molecule has 0 N–H and O–H groups in total. The van der Waals surface area contributed by atoms with Crippen LogP contribution in [-0.2, 0) is 9.53 Å². The van der Waals surface area contributed by atoms with E-state index in [1.165, 1.54) is 0 Å². The largest absolute Gasteiger partial charge is 0.466 e. The van der Waals surface area contributed by atoms with Crippen molar-refractivity contribution in [3.05, 3.63) is 35.7 Å². The van der Waals surface area contributed by atoms with E-state index < -0.39 is 0 Å². The van der Waals surface area contributed by atoms with Gasteiger partial charge in [0.15, 0.2) is 5.69 Å². The second kappa shape index (κ2) is 6.24. The summed E-state index contributed by atoms with van der Waals surface area (Å²) in [6.45, 7) is 11.0. The molecule has 0 radical (unpaired) electrons. The predicted octanol–water partition coefficient (Wildman–Crippen LogP) is 3.02. The lowest BCUT2D eigenvalue weighted by Gasteiger charge is -2.32. The fourth-order valence-electron chi connectivity index (χ4n) is 2.37. The first-order valence-electron chi connectivity index (χ1n) is 6.63. The van der Waals surface area contributed by atoms with Gasteiger partial charge in [-0.3, -0.25) is 4.79 Å². The molecule has 0 aliphatic carbocycles. The van der Waals surface area contributed by atoms with E-state index in [4.69, 9.17) is 11.3 Å². The van der Waals surface area contributed by atoms with Crippen LogP contribution in [0.15, 0.2) is 24.3 Å². The predicted molar refractivity (Wildman–Crippen MR) is 74.3 cm³/mol. The maximum absolute atomic E-state index is 11.7. The Kier molecular flexibility index (Phi) is 4.40. The first kappa shape index (κ1) is 13.4. The van der Waals surface area contributed by atoms with Crippen LogP contribution in [0.2, 0.25) is 0 Å². The van der Waals surface area contributed by atoms with Crippen molar-refractivity contribution in [2.45, 2.75) is 19.8 Å². The monoisotopic (exact) mass is 258 g/mol. The van der Waals surface area contributed by atoms with Gasteiger partial charge < -0.3 is 9.64 Å². The van der Waals surface area contributed by atoms with Crippen molar-refractivity contribution in [3.8, 4) is 0 Å². The Morgan fingerprint density at radius 2 is 2.00 bits per heavy atom. The van der Waals surface area contributed by atoms with E-state index in [1.54, 1.807) is 0 Å². The zero-order valence-electron chi connectivity index (χ0n) is 11.1. The molecule has 1 heterocycles. The van der Waals surface area contributed by atoms with E-state index in [9.17, 15) is 4.79 Å². The van der Waals surface area contributed by atoms with Crippen LogP contribution in [0, 0.1) is 12.5 Å². The van der Waals surface area contributed by atoms with Crippen LogP contribution < -0.4 is 4.90 Å². The number of esters is 1. The summed E-state index contributed by atoms with van der Waals surface area (Å²) in [6, 6.07) is 7.61. The Labute approximate surface area is 113 Å². The maximum atomic E-state index is 11.7. The number of hydrogen-bond acceptors (Lipinski definition) is 3. The molecule has 2 rings (SSSR count). The SMILES string of the molecule is [C-]#[N+]c1ccc(N2CCC(C(=O)OCC)CC2)cc1. The first-order valence-corrected chi connectivity index (χ1v) is 6.63. The minimum Gasteiger partial charge on any atom is -0.466 e. The maximum Gasteiger partial charge on any atom is 0.309 e. The molecule has 0 amide bonds. The van der Waals surface area contributed by atoms with E-state index in [0.29, 0.717) is 12.3 Å². The third-order valence-corrected chi connectivity index (χ3v) is 3.46. The van der Waals surface area contributed by atoms with Crippen LogP contribution in [0.5, 0.6) is 0 Å². The molecular weight excluding hydrogens is 240 g/mol. The Hall–Kier alpha value is -2.02. The van der Waals surface area contributed by atoms with Gasteiger partial charge in [-0.25, -0.2) is 4.85 Å². The number of benzene rings is 1. The van der Waals surface area contributed by atoms with E-state index >= 15 is 0 Å². The van der Waals surface area contributed by atoms with E-state index in [1.807, 2.05) is 31.2 Å². The summed E-state index contributed by atoms with van der Waals surface area (Å²) in [6.07, 6.45) is 1.67. The highest BCUT2D eigenvalue weighted by Crippen LogP contribution is 2.25. The first-order chi connectivity index (χ1) is 9.24. The lowest BCUT2D eigenvalue weighted by Crippen LogP contribution is -2.36. The van der Waals surface area contributed by atoms with Crippen molar-refractivity contribution in [1.82, 2.24) is 0 Å². The standard InChI is InChI=1S/C15H18N2O2/c1-3-19-15(18)12-8-10-17(11-9-12)14-6-4-13(16-2)5-7-14/h4-7,12H,3,8-11H2,1H3. The van der Waals surface area contributed by atoms with Crippen molar-refractivity contribution in [2.75, 3.05) is 24.6 Å². The topological polar surface area (TPSA) is 33.9 Å². The molecule has 0 aromatic heterocycles. The molecule has 4 heteroatoms. The molecule has 1 aromatic carbocycles. The number of ether oxygens (including phenoxy) is 1. The highest BCUT2D eigenvalue weighted by molar-refractivity contribution is 5.73. The molecule has 19 heavy (non-hydrogen) atoms. The molecule has 1 aliphatic rings. The number of anilines is 1. The smallest absolute Gasteiger partial charge is 0.309 e. The molecular formula is C15H18N2O2. The molecule has 0 spiro atoms. The van der Waals surface area contributed by atoms with E-state index in [2.05, 4.69) is 9.74 Å². The van der Waals surface area contributed by atoms with Crippen molar-refractivity contribution in [3.63, 3.8) is 0 Å². The molecule has 4 nitrogen and oxygen atoms in total. The van der Waals surface area contributed by atoms with Gasteiger partial charge in [0, 0.05) is 18.8 Å². The minimum atomic E-state index is -0.0643. The quantitative estimate of drug-likeness (QED) is 0.617. The van der Waals surface area contributed by atoms with Gasteiger partial charge in [0.1, 0.15) is 0 Å². The van der Waals surface area contributed by atoms with Gasteiger partial charge in [-0.15, -0.1) is 0 Å². The third kappa shape index (κ3) is 3.25. The van der Waals surface area contributed by atoms with Gasteiger partial charge in [0.25, 0.3) is 0 Å². The molecule has 0 bridgehead atoms. The highest BCUT2D eigenvalue weighted by atomic mass is 16.5. The lowest BCUT2D eigenvalue weighted by atomic mass is 9.96. The molecule has 100 valence electrons. The number of piperidine rings is 1. The molecule has 0 unspecified atom stereocenters. The molecule has 1 aliphatic heterocycles. The van der Waals surface area contributed by atoms with Crippen LogP contribution >= 0.6 is 0 Å². The number of carbonyl (C=O) groups excluding carboxylic acids is 1. The summed E-state index contributed by atoms with van der Waals surface area (Å²) in [5, 5.41) is 0. The van der Waals surface area contributed by atoms with E-state index in [0.717, 1.165) is 31.6 Å². The average Bonchev–Trinajstić information content (AvgIpc) is 2.48. The summed E-state index contributed by atoms with van der Waals surface area (Å²) in [5.41, 5.74) is 1.78. The van der Waals surface area contributed by atoms with Gasteiger partial charge >= 0.3 is 5.97 Å². The Bertz CT molecular complexity index is 468. The summed E-state index contributed by atoms with van der Waals surface area (Å²) < 4.78 is 5.06. The van der Waals surface area contributed by atoms with Gasteiger partial charge in [-0.05, 0) is 31.9 Å². The zero-order valence-corrected chi connectivity index (χ0v) is 11.1. The van der Waals surface area contributed by atoms with Gasteiger partial charge in [0.05, 0.1) is 19.1 Å². The van der Waals surface area contributed by atoms with Crippen LogP contribution in [0.4, 0.5) is 11.4 Å². The fourth-order valence-corrected chi connectivity index (χ4v) is 2.37. The van der Waals surface area contributed by atoms with Crippen molar-refractivity contribution >= 4 is 17.3 Å². The van der Waals surface area contributed by atoms with Gasteiger partial charge in [-0.1, -0.05) is 12.1 Å². The Morgan fingerprint density at radius 1 is 1.37 bits per heavy atom. The number of nitrogens with zero attached hydrogens (tertiary/aromatic N) is 2. The van der Waals surface area contributed by atoms with Crippen molar-refractivity contribution in [2.24, 2.45) is 5.92 Å². The number of hydrogen-bond donors (Lipinski definition) is 0. The summed E-state index contributed by atoms with van der Waals surface area (Å²) in [4.78, 5) is 17.3. The van der Waals surface area contributed by atoms with Crippen LogP contribution in [0.3, 0.4) is 0 Å². The fraction of sp³-hybridized carbons (Fsp3) is 0.467. The van der Waals surface area contributed by atoms with E-state index in [-0.39, 0.29) is 11.9 Å². The van der Waals surface area contributed by atoms with Crippen LogP contribution in [0.1, 0.15) is 19.8 Å². The summed E-state index contributed by atoms with van der Waals surface area (Å²) >= 11 is 0. The Morgan fingerprint density at radius 3 is 2.53 bits per heavy atom. The van der Waals surface area contributed by atoms with Crippen molar-refractivity contribution in [1.29, 1.82) is 0 Å². The Balaban J connectivity index is 1.92. The van der Waals surface area contributed by atoms with Crippen LogP contribution in [-0.4, -0.2) is 25.7 Å². The zero-order chi connectivity index (χ0) is 13.7. The summed E-state index contributed by atoms with van der Waals surface area (Å²) in [7, 11) is 0. The second-order valence-electron chi connectivity index (χ2n) is 4.64. The lowest BCUT2D eigenvalue weighted by molar-refractivity contribution is -0.148. The van der Waals surface area contributed by atoms with Gasteiger partial charge in [-0.2, -0.15) is 0 Å². The third-order valence-electron chi connectivity index (χ3n) is 3.46. The normalized spacial score (nSPS) is 15.9. The second-order valence-corrected chi connectivity index (χ2v) is 4.64. The van der Waals surface area contributed by atoms with Crippen molar-refractivity contribution < 1.29 is 9.53 Å². The molecule has 0 atom stereocenters. The minimum absolute atomic E-state index is 0.0405. The molecule has 1 fully saturated rings. The average molecular weight is 258 g/mol. The number of carbonyl (C=O) groups is 1. The van der Waals surface area contributed by atoms with Crippen LogP contribution in [0.25, 0.3) is 4.85 Å².